The Kier molecular flexibility index (Phi) is 6.62. The molecule has 0 saturated heterocycles. The van der Waals surface area contributed by atoms with E-state index in [1.165, 1.54) is 22.8 Å². The van der Waals surface area contributed by atoms with Crippen molar-refractivity contribution in [1.82, 2.24) is 0 Å². The van der Waals surface area contributed by atoms with Crippen molar-refractivity contribution in [1.29, 1.82) is 0 Å². The van der Waals surface area contributed by atoms with Crippen LogP contribution < -0.4 is 4.74 Å². The zero-order valence-electron chi connectivity index (χ0n) is 14.5. The molecule has 0 atom stereocenters. The molecule has 0 heterocycles. The van der Waals surface area contributed by atoms with Gasteiger partial charge in [-0.25, -0.2) is 4.79 Å². The van der Waals surface area contributed by atoms with Gasteiger partial charge in [-0.15, -0.1) is 0 Å². The van der Waals surface area contributed by atoms with Gasteiger partial charge in [0.2, 0.25) is 0 Å². The van der Waals surface area contributed by atoms with Crippen molar-refractivity contribution in [2.75, 3.05) is 6.61 Å². The quantitative estimate of drug-likeness (QED) is 0.554. The lowest BCUT2D eigenvalue weighted by molar-refractivity contribution is -0.137. The van der Waals surface area contributed by atoms with Crippen LogP contribution in [0, 0.1) is 13.8 Å². The van der Waals surface area contributed by atoms with Gasteiger partial charge in [-0.1, -0.05) is 36.4 Å². The molecule has 0 saturated carbocycles. The van der Waals surface area contributed by atoms with Crippen LogP contribution in [0.4, 0.5) is 0 Å². The molecule has 126 valence electrons. The number of rotatable bonds is 7. The predicted octanol–water partition coefficient (Wildman–Crippen LogP) is 4.54. The van der Waals surface area contributed by atoms with E-state index >= 15 is 0 Å². The number of benzene rings is 2. The van der Waals surface area contributed by atoms with Gasteiger partial charge in [-0.05, 0) is 61.6 Å². The van der Waals surface area contributed by atoms with E-state index in [4.69, 9.17) is 9.47 Å². The van der Waals surface area contributed by atoms with Gasteiger partial charge < -0.3 is 9.47 Å². The number of hydrogen-bond donors (Lipinski definition) is 0. The van der Waals surface area contributed by atoms with Gasteiger partial charge >= 0.3 is 5.97 Å². The van der Waals surface area contributed by atoms with Crippen molar-refractivity contribution in [3.05, 3.63) is 76.9 Å². The highest BCUT2D eigenvalue weighted by Crippen LogP contribution is 2.19. The third-order valence-electron chi connectivity index (χ3n) is 3.82. The Bertz CT molecular complexity index is 697. The van der Waals surface area contributed by atoms with Crippen LogP contribution in [0.15, 0.2) is 54.6 Å². The molecule has 0 fully saturated rings. The molecule has 2 aromatic rings. The average molecular weight is 324 g/mol. The molecule has 2 rings (SSSR count). The Morgan fingerprint density at radius 3 is 2.50 bits per heavy atom. The Hall–Kier alpha value is -2.55. The minimum absolute atomic E-state index is 0.306. The highest BCUT2D eigenvalue weighted by Gasteiger charge is 2.04. The van der Waals surface area contributed by atoms with E-state index < -0.39 is 0 Å². The SMILES string of the molecule is CCOC(=O)/C=C/Cc1cccc(OCc2c(C)cccc2C)c1. The predicted molar refractivity (Wildman–Crippen MR) is 96.2 cm³/mol. The van der Waals surface area contributed by atoms with E-state index in [1.54, 1.807) is 6.92 Å². The Balaban J connectivity index is 1.96. The van der Waals surface area contributed by atoms with Crippen LogP contribution >= 0.6 is 0 Å². The van der Waals surface area contributed by atoms with E-state index in [2.05, 4.69) is 32.0 Å². The van der Waals surface area contributed by atoms with Gasteiger partial charge in [0.05, 0.1) is 6.61 Å². The summed E-state index contributed by atoms with van der Waals surface area (Å²) in [6.45, 7) is 6.94. The fourth-order valence-electron chi connectivity index (χ4n) is 2.48. The lowest BCUT2D eigenvalue weighted by Crippen LogP contribution is -2.01. The zero-order valence-corrected chi connectivity index (χ0v) is 14.5. The first-order chi connectivity index (χ1) is 11.6. The molecule has 0 aliphatic rings. The van der Waals surface area contributed by atoms with E-state index in [0.29, 0.717) is 19.6 Å². The van der Waals surface area contributed by atoms with Crippen LogP contribution in [0.5, 0.6) is 5.75 Å². The fourth-order valence-corrected chi connectivity index (χ4v) is 2.48. The highest BCUT2D eigenvalue weighted by molar-refractivity contribution is 5.81. The number of aryl methyl sites for hydroxylation is 2. The molecule has 0 N–H and O–H groups in total. The highest BCUT2D eigenvalue weighted by atomic mass is 16.5. The van der Waals surface area contributed by atoms with Gasteiger partial charge in [0, 0.05) is 6.08 Å². The Morgan fingerprint density at radius 2 is 1.79 bits per heavy atom. The molecule has 0 aliphatic carbocycles. The van der Waals surface area contributed by atoms with Crippen molar-refractivity contribution in [2.45, 2.75) is 33.8 Å². The largest absolute Gasteiger partial charge is 0.489 e. The van der Waals surface area contributed by atoms with Gasteiger partial charge in [0.15, 0.2) is 0 Å². The van der Waals surface area contributed by atoms with Gasteiger partial charge in [-0.3, -0.25) is 0 Å². The monoisotopic (exact) mass is 324 g/mol. The standard InChI is InChI=1S/C21H24O3/c1-4-23-21(22)13-7-11-18-10-6-12-19(14-18)24-15-20-16(2)8-5-9-17(20)3/h5-10,12-14H,4,11,15H2,1-3H3/b13-7+. The number of allylic oxidation sites excluding steroid dienone is 1. The van der Waals surface area contributed by atoms with Crippen molar-refractivity contribution in [2.24, 2.45) is 0 Å². The fraction of sp³-hybridized carbons (Fsp3) is 0.286. The Morgan fingerprint density at radius 1 is 1.08 bits per heavy atom. The summed E-state index contributed by atoms with van der Waals surface area (Å²) in [7, 11) is 0. The summed E-state index contributed by atoms with van der Waals surface area (Å²) in [5.74, 6) is 0.527. The Labute approximate surface area is 143 Å². The third kappa shape index (κ3) is 5.27. The third-order valence-corrected chi connectivity index (χ3v) is 3.82. The number of carbonyl (C=O) groups excluding carboxylic acids is 1. The van der Waals surface area contributed by atoms with Crippen molar-refractivity contribution < 1.29 is 14.3 Å². The first-order valence-electron chi connectivity index (χ1n) is 8.20. The summed E-state index contributed by atoms with van der Waals surface area (Å²) in [6, 6.07) is 14.2. The molecule has 0 unspecified atom stereocenters. The summed E-state index contributed by atoms with van der Waals surface area (Å²) < 4.78 is 10.8. The molecule has 24 heavy (non-hydrogen) atoms. The summed E-state index contributed by atoms with van der Waals surface area (Å²) in [6.07, 6.45) is 3.94. The first-order valence-corrected chi connectivity index (χ1v) is 8.20. The maximum Gasteiger partial charge on any atom is 0.330 e. The summed E-state index contributed by atoms with van der Waals surface area (Å²) >= 11 is 0. The van der Waals surface area contributed by atoms with Crippen LogP contribution in [-0.4, -0.2) is 12.6 Å². The second kappa shape index (κ2) is 8.92. The molecule has 3 heteroatoms. The smallest absolute Gasteiger partial charge is 0.330 e. The summed E-state index contributed by atoms with van der Waals surface area (Å²) in [5.41, 5.74) is 4.80. The number of esters is 1. The first kappa shape index (κ1) is 17.8. The molecule has 0 aromatic heterocycles. The van der Waals surface area contributed by atoms with Crippen LogP contribution in [-0.2, 0) is 22.6 Å². The van der Waals surface area contributed by atoms with E-state index in [-0.39, 0.29) is 5.97 Å². The lowest BCUT2D eigenvalue weighted by atomic mass is 10.0. The minimum atomic E-state index is -0.306. The van der Waals surface area contributed by atoms with Crippen molar-refractivity contribution in [3.8, 4) is 5.75 Å². The number of hydrogen-bond acceptors (Lipinski definition) is 3. The van der Waals surface area contributed by atoms with Crippen LogP contribution in [0.1, 0.15) is 29.2 Å². The second-order valence-electron chi connectivity index (χ2n) is 5.66. The van der Waals surface area contributed by atoms with Gasteiger partial charge in [0.1, 0.15) is 12.4 Å². The van der Waals surface area contributed by atoms with E-state index in [9.17, 15) is 4.79 Å². The molecule has 2 aromatic carbocycles. The van der Waals surface area contributed by atoms with Crippen LogP contribution in [0.3, 0.4) is 0 Å². The average Bonchev–Trinajstić information content (AvgIpc) is 2.55. The van der Waals surface area contributed by atoms with Gasteiger partial charge in [-0.2, -0.15) is 0 Å². The topological polar surface area (TPSA) is 35.5 Å². The molecule has 0 amide bonds. The second-order valence-corrected chi connectivity index (χ2v) is 5.66. The van der Waals surface area contributed by atoms with Crippen LogP contribution in [0.25, 0.3) is 0 Å². The molecule has 0 radical (unpaired) electrons. The van der Waals surface area contributed by atoms with Crippen molar-refractivity contribution in [3.63, 3.8) is 0 Å². The molecular weight excluding hydrogens is 300 g/mol. The van der Waals surface area contributed by atoms with Crippen LogP contribution in [0.2, 0.25) is 0 Å². The van der Waals surface area contributed by atoms with Gasteiger partial charge in [0.25, 0.3) is 0 Å². The molecule has 3 nitrogen and oxygen atoms in total. The normalized spacial score (nSPS) is 10.8. The van der Waals surface area contributed by atoms with E-state index in [0.717, 1.165) is 11.3 Å². The molecule has 0 spiro atoms. The maximum absolute atomic E-state index is 11.3. The molecule has 0 bridgehead atoms. The zero-order chi connectivity index (χ0) is 17.4. The van der Waals surface area contributed by atoms with Crippen molar-refractivity contribution >= 4 is 5.97 Å². The lowest BCUT2D eigenvalue weighted by Gasteiger charge is -2.12. The summed E-state index contributed by atoms with van der Waals surface area (Å²) in [4.78, 5) is 11.3. The molecular formula is C21H24O3. The maximum atomic E-state index is 11.3. The minimum Gasteiger partial charge on any atom is -0.489 e. The number of carbonyl (C=O) groups is 1. The number of ether oxygens (including phenoxy) is 2. The summed E-state index contributed by atoms with van der Waals surface area (Å²) in [5, 5.41) is 0. The molecule has 0 aliphatic heterocycles. The van der Waals surface area contributed by atoms with E-state index in [1.807, 2.05) is 30.3 Å².